The number of esters is 1. The summed E-state index contributed by atoms with van der Waals surface area (Å²) in [7, 11) is 1.61. The number of ether oxygens (including phenoxy) is 4. The largest absolute Gasteiger partial charge is 0.497 e. The topological polar surface area (TPSA) is 76.0 Å². The van der Waals surface area contributed by atoms with Gasteiger partial charge < -0.3 is 23.5 Å². The van der Waals surface area contributed by atoms with Crippen LogP contribution in [-0.2, 0) is 16.1 Å². The van der Waals surface area contributed by atoms with E-state index in [-0.39, 0.29) is 17.8 Å². The zero-order valence-electron chi connectivity index (χ0n) is 17.0. The molecule has 1 aromatic carbocycles. The lowest BCUT2D eigenvalue weighted by Crippen LogP contribution is -2.41. The van der Waals surface area contributed by atoms with Crippen LogP contribution in [0.4, 0.5) is 0 Å². The molecule has 0 aliphatic heterocycles. The zero-order chi connectivity index (χ0) is 20.7. The number of carbonyl (C=O) groups is 1. The van der Waals surface area contributed by atoms with Crippen LogP contribution in [0, 0.1) is 6.92 Å². The van der Waals surface area contributed by atoms with Crippen molar-refractivity contribution < 1.29 is 23.7 Å². The van der Waals surface area contributed by atoms with Crippen LogP contribution >= 0.6 is 0 Å². The van der Waals surface area contributed by atoms with Crippen LogP contribution in [0.5, 0.6) is 17.2 Å². The van der Waals surface area contributed by atoms with Crippen LogP contribution in [-0.4, -0.2) is 36.5 Å². The molecular weight excluding hydrogens is 362 g/mol. The summed E-state index contributed by atoms with van der Waals surface area (Å²) in [6, 6.07) is 8.71. The van der Waals surface area contributed by atoms with Crippen LogP contribution in [0.1, 0.15) is 26.5 Å². The average molecular weight is 389 g/mol. The minimum Gasteiger partial charge on any atom is -0.497 e. The molecule has 0 amide bonds. The van der Waals surface area contributed by atoms with Crippen LogP contribution in [0.2, 0.25) is 0 Å². The summed E-state index contributed by atoms with van der Waals surface area (Å²) in [5, 5.41) is 0. The summed E-state index contributed by atoms with van der Waals surface area (Å²) in [6.45, 7) is 7.79. The van der Waals surface area contributed by atoms with Crippen molar-refractivity contribution in [2.45, 2.75) is 39.8 Å². The van der Waals surface area contributed by atoms with Gasteiger partial charge in [0.15, 0.2) is 11.4 Å². The first-order chi connectivity index (χ1) is 13.3. The van der Waals surface area contributed by atoms with E-state index in [2.05, 4.69) is 0 Å². The lowest BCUT2D eigenvalue weighted by molar-refractivity contribution is -0.158. The Balaban J connectivity index is 2.08. The number of hydrogen-bond acceptors (Lipinski definition) is 6. The van der Waals surface area contributed by atoms with Crippen molar-refractivity contribution >= 4 is 5.97 Å². The predicted molar refractivity (Wildman–Crippen MR) is 105 cm³/mol. The maximum atomic E-state index is 12.3. The highest BCUT2D eigenvalue weighted by atomic mass is 16.6. The van der Waals surface area contributed by atoms with Crippen LogP contribution < -0.4 is 19.6 Å². The van der Waals surface area contributed by atoms with E-state index in [0.717, 1.165) is 11.5 Å². The quantitative estimate of drug-likeness (QED) is 0.614. The summed E-state index contributed by atoms with van der Waals surface area (Å²) >= 11 is 0. The van der Waals surface area contributed by atoms with Gasteiger partial charge in [-0.1, -0.05) is 0 Å². The number of methoxy groups -OCH3 is 1. The average Bonchev–Trinajstić information content (AvgIpc) is 2.67. The Morgan fingerprint density at radius 1 is 1.11 bits per heavy atom. The van der Waals surface area contributed by atoms with Crippen LogP contribution in [0.25, 0.3) is 0 Å². The monoisotopic (exact) mass is 389 g/mol. The van der Waals surface area contributed by atoms with Gasteiger partial charge in [-0.3, -0.25) is 4.79 Å². The minimum atomic E-state index is -1.27. The van der Waals surface area contributed by atoms with Gasteiger partial charge in [-0.15, -0.1) is 0 Å². The molecule has 0 aliphatic rings. The van der Waals surface area contributed by atoms with E-state index < -0.39 is 11.6 Å². The van der Waals surface area contributed by atoms with Gasteiger partial charge in [0.05, 0.1) is 26.0 Å². The highest BCUT2D eigenvalue weighted by molar-refractivity contribution is 5.79. The molecular formula is C21H27NO6. The fraction of sp³-hybridized carbons (Fsp3) is 0.429. The first kappa shape index (κ1) is 21.3. The molecule has 0 unspecified atom stereocenters. The van der Waals surface area contributed by atoms with E-state index in [0.29, 0.717) is 18.8 Å². The van der Waals surface area contributed by atoms with Crippen molar-refractivity contribution in [3.63, 3.8) is 0 Å². The van der Waals surface area contributed by atoms with Gasteiger partial charge in [-0.25, -0.2) is 4.79 Å². The fourth-order valence-electron chi connectivity index (χ4n) is 2.56. The summed E-state index contributed by atoms with van der Waals surface area (Å²) in [6.07, 6.45) is 1.68. The Kier molecular flexibility index (Phi) is 7.09. The molecule has 7 heteroatoms. The van der Waals surface area contributed by atoms with E-state index in [9.17, 15) is 9.59 Å². The van der Waals surface area contributed by atoms with Gasteiger partial charge in [0.2, 0.25) is 5.43 Å². The highest BCUT2D eigenvalue weighted by Crippen LogP contribution is 2.21. The molecule has 1 aromatic heterocycles. The molecule has 0 saturated carbocycles. The Morgan fingerprint density at radius 2 is 1.75 bits per heavy atom. The van der Waals surface area contributed by atoms with Gasteiger partial charge in [0.1, 0.15) is 18.1 Å². The summed E-state index contributed by atoms with van der Waals surface area (Å²) in [5.74, 6) is 1.09. The number of aromatic nitrogens is 1. The van der Waals surface area contributed by atoms with Gasteiger partial charge in [0.25, 0.3) is 0 Å². The maximum Gasteiger partial charge on any atom is 0.349 e. The van der Waals surface area contributed by atoms with Crippen molar-refractivity contribution in [3.05, 3.63) is 52.4 Å². The van der Waals surface area contributed by atoms with E-state index in [1.165, 1.54) is 6.07 Å². The molecule has 0 bridgehead atoms. The molecule has 28 heavy (non-hydrogen) atoms. The molecule has 2 rings (SSSR count). The lowest BCUT2D eigenvalue weighted by Gasteiger charge is -2.25. The van der Waals surface area contributed by atoms with Crippen LogP contribution in [0.15, 0.2) is 41.3 Å². The van der Waals surface area contributed by atoms with Crippen molar-refractivity contribution in [2.75, 3.05) is 20.3 Å². The number of hydrogen-bond donors (Lipinski definition) is 0. The minimum absolute atomic E-state index is 0.130. The zero-order valence-corrected chi connectivity index (χ0v) is 17.0. The second kappa shape index (κ2) is 9.30. The third-order valence-electron chi connectivity index (χ3n) is 4.17. The van der Waals surface area contributed by atoms with Crippen molar-refractivity contribution in [1.29, 1.82) is 0 Å². The van der Waals surface area contributed by atoms with Crippen molar-refractivity contribution in [1.82, 2.24) is 4.57 Å². The Bertz CT molecular complexity index is 854. The molecule has 2 aromatic rings. The normalized spacial score (nSPS) is 11.0. The van der Waals surface area contributed by atoms with E-state index in [4.69, 9.17) is 18.9 Å². The first-order valence-corrected chi connectivity index (χ1v) is 9.11. The van der Waals surface area contributed by atoms with Gasteiger partial charge in [-0.05, 0) is 52.0 Å². The number of nitrogens with zero attached hydrogens (tertiary/aromatic N) is 1. The molecule has 0 atom stereocenters. The second-order valence-electron chi connectivity index (χ2n) is 6.64. The van der Waals surface area contributed by atoms with E-state index in [1.54, 1.807) is 41.0 Å². The van der Waals surface area contributed by atoms with Crippen LogP contribution in [0.3, 0.4) is 0 Å². The van der Waals surface area contributed by atoms with Gasteiger partial charge in [0, 0.05) is 12.3 Å². The lowest BCUT2D eigenvalue weighted by atomic mass is 10.1. The van der Waals surface area contributed by atoms with Gasteiger partial charge in [-0.2, -0.15) is 0 Å². The fourth-order valence-corrected chi connectivity index (χ4v) is 2.56. The molecule has 152 valence electrons. The second-order valence-corrected chi connectivity index (χ2v) is 6.64. The molecule has 0 fully saturated rings. The Hall–Kier alpha value is -2.96. The standard InChI is InChI=1S/C21H27NO6/c1-6-26-20(24)21(3,4)28-19-15(2)22(12-11-18(19)23)13-14-27-17-9-7-16(25-5)8-10-17/h7-12H,6,13-14H2,1-5H3. The smallest absolute Gasteiger partial charge is 0.349 e. The summed E-state index contributed by atoms with van der Waals surface area (Å²) < 4.78 is 23.5. The number of carbonyl (C=O) groups excluding carboxylic acids is 1. The highest BCUT2D eigenvalue weighted by Gasteiger charge is 2.33. The third kappa shape index (κ3) is 5.28. The van der Waals surface area contributed by atoms with Crippen molar-refractivity contribution in [2.24, 2.45) is 0 Å². The van der Waals surface area contributed by atoms with Gasteiger partial charge >= 0.3 is 5.97 Å². The molecule has 0 saturated heterocycles. The number of pyridine rings is 1. The molecule has 7 nitrogen and oxygen atoms in total. The Morgan fingerprint density at radius 3 is 2.36 bits per heavy atom. The number of rotatable bonds is 9. The SMILES string of the molecule is CCOC(=O)C(C)(C)Oc1c(C)n(CCOc2ccc(OC)cc2)ccc1=O. The predicted octanol–water partition coefficient (Wildman–Crippen LogP) is 2.96. The summed E-state index contributed by atoms with van der Waals surface area (Å²) in [4.78, 5) is 24.3. The first-order valence-electron chi connectivity index (χ1n) is 9.11. The maximum absolute atomic E-state index is 12.3. The molecule has 0 radical (unpaired) electrons. The molecule has 1 heterocycles. The molecule has 0 aliphatic carbocycles. The Labute approximate surface area is 164 Å². The van der Waals surface area contributed by atoms with E-state index >= 15 is 0 Å². The number of benzene rings is 1. The molecule has 0 spiro atoms. The summed E-state index contributed by atoms with van der Waals surface area (Å²) in [5.41, 5.74) is -0.941. The van der Waals surface area contributed by atoms with E-state index in [1.807, 2.05) is 28.8 Å². The van der Waals surface area contributed by atoms with Crippen molar-refractivity contribution in [3.8, 4) is 17.2 Å². The third-order valence-corrected chi connectivity index (χ3v) is 4.17. The molecule has 0 N–H and O–H groups in total.